The van der Waals surface area contributed by atoms with Gasteiger partial charge in [0.2, 0.25) is 0 Å². The van der Waals surface area contributed by atoms with Crippen molar-refractivity contribution in [3.8, 4) is 0 Å². The van der Waals surface area contributed by atoms with E-state index in [1.807, 2.05) is 38.1 Å². The number of aryl methyl sites for hydroxylation is 2. The van der Waals surface area contributed by atoms with Crippen molar-refractivity contribution in [2.75, 3.05) is 0 Å². The molecule has 3 rings (SSSR count). The second kappa shape index (κ2) is 6.66. The van der Waals surface area contributed by atoms with Crippen LogP contribution in [0.15, 0.2) is 53.6 Å². The minimum absolute atomic E-state index is 0.151. The van der Waals surface area contributed by atoms with E-state index in [9.17, 15) is 9.59 Å². The highest BCUT2D eigenvalue weighted by Crippen LogP contribution is 2.12. The van der Waals surface area contributed by atoms with Crippen molar-refractivity contribution in [3.05, 3.63) is 75.8 Å². The molecule has 122 valence electrons. The normalized spacial score (nSPS) is 10.8. The van der Waals surface area contributed by atoms with Gasteiger partial charge in [0.05, 0.1) is 17.2 Å². The smallest absolute Gasteiger partial charge is 0.326 e. The Labute approximate surface area is 139 Å². The molecule has 0 bridgehead atoms. The first-order chi connectivity index (χ1) is 11.5. The van der Waals surface area contributed by atoms with Gasteiger partial charge in [0.25, 0.3) is 5.56 Å². The van der Waals surface area contributed by atoms with Gasteiger partial charge < -0.3 is 4.74 Å². The minimum Gasteiger partial charge on any atom is -0.459 e. The maximum absolute atomic E-state index is 12.4. The van der Waals surface area contributed by atoms with Gasteiger partial charge in [-0.15, -0.1) is 0 Å². The molecule has 0 aliphatic rings. The largest absolute Gasteiger partial charge is 0.459 e. The molecule has 0 unspecified atom stereocenters. The fourth-order valence-corrected chi connectivity index (χ4v) is 2.52. The van der Waals surface area contributed by atoms with Crippen molar-refractivity contribution in [1.82, 2.24) is 9.55 Å². The number of hydrogen-bond donors (Lipinski definition) is 0. The number of hydrogen-bond acceptors (Lipinski definition) is 4. The van der Waals surface area contributed by atoms with Gasteiger partial charge in [-0.05, 0) is 37.1 Å². The van der Waals surface area contributed by atoms with Crippen molar-refractivity contribution in [2.45, 2.75) is 27.0 Å². The van der Waals surface area contributed by atoms with E-state index in [0.717, 1.165) is 16.7 Å². The molecule has 0 saturated heterocycles. The Morgan fingerprint density at radius 1 is 1.17 bits per heavy atom. The molecule has 24 heavy (non-hydrogen) atoms. The summed E-state index contributed by atoms with van der Waals surface area (Å²) < 4.78 is 6.58. The molecule has 0 amide bonds. The zero-order valence-electron chi connectivity index (χ0n) is 13.7. The van der Waals surface area contributed by atoms with Crippen LogP contribution < -0.4 is 5.56 Å². The second-order valence-corrected chi connectivity index (χ2v) is 5.79. The molecule has 1 aromatic heterocycles. The van der Waals surface area contributed by atoms with E-state index in [0.29, 0.717) is 10.9 Å². The number of fused-ring (bicyclic) bond motifs is 1. The standard InChI is InChI=1S/C19H18N2O3/c1-13-7-8-14(2)15(9-13)11-24-18(22)10-21-12-20-17-6-4-3-5-16(17)19(21)23/h3-9,12H,10-11H2,1-2H3. The third kappa shape index (κ3) is 3.35. The molecule has 2 aromatic carbocycles. The lowest BCUT2D eigenvalue weighted by molar-refractivity contribution is -0.145. The van der Waals surface area contributed by atoms with Crippen LogP contribution in [0, 0.1) is 13.8 Å². The molecule has 0 radical (unpaired) electrons. The molecule has 0 N–H and O–H groups in total. The molecule has 5 heteroatoms. The van der Waals surface area contributed by atoms with Crippen molar-refractivity contribution < 1.29 is 9.53 Å². The van der Waals surface area contributed by atoms with Crippen LogP contribution in [-0.2, 0) is 22.7 Å². The van der Waals surface area contributed by atoms with Crippen molar-refractivity contribution >= 4 is 16.9 Å². The van der Waals surface area contributed by atoms with Crippen LogP contribution in [0.1, 0.15) is 16.7 Å². The first-order valence-electron chi connectivity index (χ1n) is 7.70. The average Bonchev–Trinajstić information content (AvgIpc) is 2.58. The molecule has 0 atom stereocenters. The Morgan fingerprint density at radius 3 is 2.79 bits per heavy atom. The lowest BCUT2D eigenvalue weighted by Gasteiger charge is -2.10. The summed E-state index contributed by atoms with van der Waals surface area (Å²) >= 11 is 0. The van der Waals surface area contributed by atoms with Crippen molar-refractivity contribution in [3.63, 3.8) is 0 Å². The van der Waals surface area contributed by atoms with Crippen molar-refractivity contribution in [1.29, 1.82) is 0 Å². The second-order valence-electron chi connectivity index (χ2n) is 5.79. The highest BCUT2D eigenvalue weighted by molar-refractivity contribution is 5.77. The summed E-state index contributed by atoms with van der Waals surface area (Å²) in [6, 6.07) is 13.1. The van der Waals surface area contributed by atoms with E-state index in [1.165, 1.54) is 10.9 Å². The van der Waals surface area contributed by atoms with Crippen LogP contribution in [0.5, 0.6) is 0 Å². The number of rotatable bonds is 4. The van der Waals surface area contributed by atoms with Gasteiger partial charge in [0.15, 0.2) is 0 Å². The number of esters is 1. The topological polar surface area (TPSA) is 61.2 Å². The van der Waals surface area contributed by atoms with E-state index in [-0.39, 0.29) is 18.7 Å². The molecule has 3 aromatic rings. The number of para-hydroxylation sites is 1. The van der Waals surface area contributed by atoms with Crippen LogP contribution in [-0.4, -0.2) is 15.5 Å². The number of carbonyl (C=O) groups is 1. The molecular formula is C19H18N2O3. The summed E-state index contributed by atoms with van der Waals surface area (Å²) in [4.78, 5) is 28.6. The number of carbonyl (C=O) groups excluding carboxylic acids is 1. The molecule has 0 saturated carbocycles. The highest BCUT2D eigenvalue weighted by atomic mass is 16.5. The Balaban J connectivity index is 1.72. The summed E-state index contributed by atoms with van der Waals surface area (Å²) in [7, 11) is 0. The SMILES string of the molecule is Cc1ccc(C)c(COC(=O)Cn2cnc3ccccc3c2=O)c1. The minimum atomic E-state index is -0.463. The summed E-state index contributed by atoms with van der Waals surface area (Å²) in [5.41, 5.74) is 3.51. The Kier molecular flexibility index (Phi) is 4.42. The fourth-order valence-electron chi connectivity index (χ4n) is 2.52. The van der Waals surface area contributed by atoms with E-state index < -0.39 is 5.97 Å². The van der Waals surface area contributed by atoms with Crippen LogP contribution in [0.25, 0.3) is 10.9 Å². The predicted molar refractivity (Wildman–Crippen MR) is 91.7 cm³/mol. The molecule has 0 aliphatic carbocycles. The fraction of sp³-hybridized carbons (Fsp3) is 0.211. The highest BCUT2D eigenvalue weighted by Gasteiger charge is 2.10. The molecule has 0 aliphatic heterocycles. The Bertz CT molecular complexity index is 960. The van der Waals surface area contributed by atoms with Gasteiger partial charge in [0.1, 0.15) is 13.2 Å². The van der Waals surface area contributed by atoms with E-state index in [1.54, 1.807) is 18.2 Å². The Morgan fingerprint density at radius 2 is 1.96 bits per heavy atom. The van der Waals surface area contributed by atoms with Crippen LogP contribution in [0.2, 0.25) is 0 Å². The maximum Gasteiger partial charge on any atom is 0.326 e. The number of nitrogens with zero attached hydrogens (tertiary/aromatic N) is 2. The monoisotopic (exact) mass is 322 g/mol. The molecule has 5 nitrogen and oxygen atoms in total. The zero-order chi connectivity index (χ0) is 17.1. The number of benzene rings is 2. The molecular weight excluding hydrogens is 304 g/mol. The lowest BCUT2D eigenvalue weighted by Crippen LogP contribution is -2.25. The summed E-state index contributed by atoms with van der Waals surface area (Å²) in [5.74, 6) is -0.463. The Hall–Kier alpha value is -2.95. The van der Waals surface area contributed by atoms with Gasteiger partial charge in [-0.2, -0.15) is 0 Å². The maximum atomic E-state index is 12.4. The number of ether oxygens (including phenoxy) is 1. The van der Waals surface area contributed by atoms with Gasteiger partial charge in [-0.3, -0.25) is 14.2 Å². The van der Waals surface area contributed by atoms with Gasteiger partial charge in [-0.1, -0.05) is 35.9 Å². The summed E-state index contributed by atoms with van der Waals surface area (Å²) in [5, 5.41) is 0.488. The van der Waals surface area contributed by atoms with E-state index in [4.69, 9.17) is 4.74 Å². The lowest BCUT2D eigenvalue weighted by atomic mass is 10.1. The quantitative estimate of drug-likeness (QED) is 0.693. The third-order valence-electron chi connectivity index (χ3n) is 3.92. The van der Waals surface area contributed by atoms with Crippen LogP contribution in [0.4, 0.5) is 0 Å². The molecule has 0 fully saturated rings. The number of aromatic nitrogens is 2. The van der Waals surface area contributed by atoms with Gasteiger partial charge in [-0.25, -0.2) is 4.98 Å². The first kappa shape index (κ1) is 15.9. The van der Waals surface area contributed by atoms with Crippen LogP contribution in [0.3, 0.4) is 0 Å². The zero-order valence-corrected chi connectivity index (χ0v) is 13.7. The molecule has 0 spiro atoms. The van der Waals surface area contributed by atoms with Gasteiger partial charge >= 0.3 is 5.97 Å². The van der Waals surface area contributed by atoms with Crippen LogP contribution >= 0.6 is 0 Å². The summed E-state index contributed by atoms with van der Waals surface area (Å²) in [6.07, 6.45) is 1.38. The first-order valence-corrected chi connectivity index (χ1v) is 7.70. The summed E-state index contributed by atoms with van der Waals surface area (Å²) in [6.45, 7) is 4.01. The molecule has 1 heterocycles. The van der Waals surface area contributed by atoms with Crippen molar-refractivity contribution in [2.24, 2.45) is 0 Å². The average molecular weight is 322 g/mol. The van der Waals surface area contributed by atoms with E-state index in [2.05, 4.69) is 4.98 Å². The third-order valence-corrected chi connectivity index (χ3v) is 3.92. The van der Waals surface area contributed by atoms with Gasteiger partial charge in [0, 0.05) is 0 Å². The van der Waals surface area contributed by atoms with E-state index >= 15 is 0 Å². The predicted octanol–water partition coefficient (Wildman–Crippen LogP) is 2.76.